The lowest BCUT2D eigenvalue weighted by atomic mass is 9.91. The van der Waals surface area contributed by atoms with Gasteiger partial charge in [-0.25, -0.2) is 14.2 Å². The number of aryl methyl sites for hydroxylation is 1. The summed E-state index contributed by atoms with van der Waals surface area (Å²) in [4.78, 5) is 33.4. The monoisotopic (exact) mass is 606 g/mol. The zero-order valence-electron chi connectivity index (χ0n) is 26.8. The molecule has 0 aliphatic carbocycles. The average Bonchev–Trinajstić information content (AvgIpc) is 3.42. The number of nitrogens with two attached hydrogens (primary N) is 1. The van der Waals surface area contributed by atoms with Gasteiger partial charge in [0.2, 0.25) is 5.95 Å². The summed E-state index contributed by atoms with van der Waals surface area (Å²) >= 11 is 0. The number of esters is 1. The second kappa shape index (κ2) is 12.1. The van der Waals surface area contributed by atoms with E-state index in [9.17, 15) is 9.18 Å². The standard InChI is InChI=1S/C32H43FN8O3/c1-18(2)44-30(42)22-14-35-31(38-29(22)41-17-32(4,5)28-25(41)10-9-19(3)36-28)37-24-12-23(34)26(13-27(24)43-8)40-15-20(33)11-21(40)16-39(6)7/h9-10,12-14,18,20-21H,11,15-17,34H2,1-8H3,(H,35,37,38)/t20-,21+/m0/s1. The Kier molecular flexibility index (Phi) is 8.57. The van der Waals surface area contributed by atoms with Gasteiger partial charge in [0.25, 0.3) is 0 Å². The highest BCUT2D eigenvalue weighted by Crippen LogP contribution is 2.44. The highest BCUT2D eigenvalue weighted by molar-refractivity contribution is 5.96. The number of anilines is 6. The van der Waals surface area contributed by atoms with E-state index < -0.39 is 12.1 Å². The third-order valence-corrected chi connectivity index (χ3v) is 7.93. The normalized spacial score (nSPS) is 19.1. The van der Waals surface area contributed by atoms with Gasteiger partial charge in [-0.15, -0.1) is 0 Å². The van der Waals surface area contributed by atoms with E-state index in [0.29, 0.717) is 48.1 Å². The average molecular weight is 607 g/mol. The van der Waals surface area contributed by atoms with Gasteiger partial charge in [0, 0.05) is 55.5 Å². The second-order valence-corrected chi connectivity index (χ2v) is 12.8. The number of benzene rings is 1. The number of alkyl halides is 1. The van der Waals surface area contributed by atoms with Crippen LogP contribution in [-0.4, -0.2) is 85.0 Å². The lowest BCUT2D eigenvalue weighted by Gasteiger charge is -2.30. The van der Waals surface area contributed by atoms with Crippen LogP contribution in [-0.2, 0) is 10.2 Å². The third kappa shape index (κ3) is 6.21. The molecule has 44 heavy (non-hydrogen) atoms. The minimum atomic E-state index is -0.935. The zero-order chi connectivity index (χ0) is 31.9. The van der Waals surface area contributed by atoms with Crippen LogP contribution in [0.1, 0.15) is 55.9 Å². The van der Waals surface area contributed by atoms with Crippen LogP contribution in [0.5, 0.6) is 5.75 Å². The quantitative estimate of drug-likeness (QED) is 0.253. The van der Waals surface area contributed by atoms with Gasteiger partial charge in [-0.3, -0.25) is 4.98 Å². The van der Waals surface area contributed by atoms with Crippen molar-refractivity contribution in [2.24, 2.45) is 0 Å². The summed E-state index contributed by atoms with van der Waals surface area (Å²) < 4.78 is 25.8. The number of nitrogens with one attached hydrogen (secondary N) is 1. The molecule has 12 heteroatoms. The Bertz CT molecular complexity index is 1550. The van der Waals surface area contributed by atoms with Crippen molar-refractivity contribution in [2.75, 3.05) is 61.7 Å². The Labute approximate surface area is 258 Å². The van der Waals surface area contributed by atoms with Crippen molar-refractivity contribution in [1.82, 2.24) is 19.9 Å². The van der Waals surface area contributed by atoms with Crippen molar-refractivity contribution >= 4 is 40.5 Å². The SMILES string of the molecule is COc1cc(N2C[C@@H](F)C[C@@H]2CN(C)C)c(N)cc1Nc1ncc(C(=O)OC(C)C)c(N2CC(C)(C)c3nc(C)ccc32)n1. The summed E-state index contributed by atoms with van der Waals surface area (Å²) in [5.74, 6) is 0.643. The van der Waals surface area contributed by atoms with Crippen LogP contribution < -0.4 is 25.6 Å². The maximum atomic E-state index is 14.5. The number of likely N-dealkylation sites (N-methyl/N-ethyl adjacent to an activating group) is 1. The van der Waals surface area contributed by atoms with Crippen molar-refractivity contribution in [2.45, 2.75) is 64.8 Å². The van der Waals surface area contributed by atoms with Crippen LogP contribution in [0.4, 0.5) is 38.9 Å². The Balaban J connectivity index is 1.53. The van der Waals surface area contributed by atoms with Crippen LogP contribution in [0, 0.1) is 6.92 Å². The van der Waals surface area contributed by atoms with Gasteiger partial charge in [0.05, 0.1) is 41.7 Å². The Hall–Kier alpha value is -4.19. The number of aromatic nitrogens is 3. The van der Waals surface area contributed by atoms with Gasteiger partial charge in [-0.1, -0.05) is 13.8 Å². The molecular formula is C32H43FN8O3. The molecule has 2 aliphatic rings. The van der Waals surface area contributed by atoms with Crippen LogP contribution in [0.3, 0.4) is 0 Å². The Morgan fingerprint density at radius 3 is 2.66 bits per heavy atom. The molecule has 0 spiro atoms. The predicted octanol–water partition coefficient (Wildman–Crippen LogP) is 4.99. The molecule has 0 saturated carbocycles. The molecule has 11 nitrogen and oxygen atoms in total. The van der Waals surface area contributed by atoms with E-state index in [-0.39, 0.29) is 35.6 Å². The van der Waals surface area contributed by atoms with E-state index in [4.69, 9.17) is 25.2 Å². The molecule has 4 heterocycles. The predicted molar refractivity (Wildman–Crippen MR) is 171 cm³/mol. The molecule has 3 aromatic rings. The molecule has 2 atom stereocenters. The lowest BCUT2D eigenvalue weighted by molar-refractivity contribution is 0.0378. The third-order valence-electron chi connectivity index (χ3n) is 7.93. The van der Waals surface area contributed by atoms with Crippen LogP contribution >= 0.6 is 0 Å². The summed E-state index contributed by atoms with van der Waals surface area (Å²) in [5, 5.41) is 3.24. The van der Waals surface area contributed by atoms with Crippen molar-refractivity contribution < 1.29 is 18.7 Å². The van der Waals surface area contributed by atoms with Gasteiger partial charge in [0.1, 0.15) is 17.5 Å². The summed E-state index contributed by atoms with van der Waals surface area (Å²) in [5.41, 5.74) is 11.0. The van der Waals surface area contributed by atoms with Crippen LogP contribution in [0.2, 0.25) is 0 Å². The summed E-state index contributed by atoms with van der Waals surface area (Å²) in [6.45, 7) is 11.3. The summed E-state index contributed by atoms with van der Waals surface area (Å²) in [6.07, 6.45) is 0.666. The largest absolute Gasteiger partial charge is 0.494 e. The molecule has 236 valence electrons. The van der Waals surface area contributed by atoms with E-state index in [1.807, 2.05) is 53.9 Å². The number of carbonyl (C=O) groups is 1. The highest BCUT2D eigenvalue weighted by atomic mass is 19.1. The molecule has 2 aromatic heterocycles. The number of nitrogen functional groups attached to an aromatic ring is 1. The summed E-state index contributed by atoms with van der Waals surface area (Å²) in [6, 6.07) is 7.51. The van der Waals surface area contributed by atoms with E-state index >= 15 is 0 Å². The molecule has 3 N–H and O–H groups in total. The van der Waals surface area contributed by atoms with Crippen LogP contribution in [0.25, 0.3) is 0 Å². The fraction of sp³-hybridized carbons (Fsp3) is 0.500. The molecule has 0 bridgehead atoms. The van der Waals surface area contributed by atoms with Gasteiger partial charge >= 0.3 is 5.97 Å². The first-order valence-electron chi connectivity index (χ1n) is 14.9. The number of fused-ring (bicyclic) bond motifs is 1. The zero-order valence-corrected chi connectivity index (χ0v) is 26.8. The van der Waals surface area contributed by atoms with E-state index in [1.54, 1.807) is 27.0 Å². The Morgan fingerprint density at radius 2 is 1.98 bits per heavy atom. The summed E-state index contributed by atoms with van der Waals surface area (Å²) in [7, 11) is 5.51. The topological polar surface area (TPSA) is 122 Å². The van der Waals surface area contributed by atoms with E-state index in [0.717, 1.165) is 17.1 Å². The molecular weight excluding hydrogens is 563 g/mol. The number of ether oxygens (including phenoxy) is 2. The minimum absolute atomic E-state index is 0.0132. The van der Waals surface area contributed by atoms with Crippen molar-refractivity contribution in [3.8, 4) is 5.75 Å². The molecule has 5 rings (SSSR count). The fourth-order valence-corrected chi connectivity index (χ4v) is 6.04. The maximum absolute atomic E-state index is 14.5. The first-order chi connectivity index (χ1) is 20.8. The highest BCUT2D eigenvalue weighted by Gasteiger charge is 2.40. The van der Waals surface area contributed by atoms with Crippen LogP contribution in [0.15, 0.2) is 30.5 Å². The molecule has 1 aromatic carbocycles. The number of methoxy groups -OCH3 is 1. The maximum Gasteiger partial charge on any atom is 0.343 e. The number of halogens is 1. The number of hydrogen-bond donors (Lipinski definition) is 2. The van der Waals surface area contributed by atoms with Crippen molar-refractivity contribution in [3.05, 3.63) is 47.4 Å². The number of hydrogen-bond acceptors (Lipinski definition) is 11. The van der Waals surface area contributed by atoms with Gasteiger partial charge < -0.3 is 35.2 Å². The molecule has 0 amide bonds. The molecule has 2 aliphatic heterocycles. The first kappa shape index (κ1) is 31.2. The lowest BCUT2D eigenvalue weighted by Crippen LogP contribution is -2.38. The van der Waals surface area contributed by atoms with E-state index in [1.165, 1.54) is 6.20 Å². The Morgan fingerprint density at radius 1 is 1.23 bits per heavy atom. The van der Waals surface area contributed by atoms with E-state index in [2.05, 4.69) is 24.1 Å². The second-order valence-electron chi connectivity index (χ2n) is 12.8. The molecule has 1 saturated heterocycles. The van der Waals surface area contributed by atoms with Gasteiger partial charge in [-0.05, 0) is 53.1 Å². The minimum Gasteiger partial charge on any atom is -0.494 e. The first-order valence-corrected chi connectivity index (χ1v) is 14.9. The molecule has 1 fully saturated rings. The van der Waals surface area contributed by atoms with Gasteiger partial charge in [0.15, 0.2) is 5.82 Å². The number of pyridine rings is 1. The fourth-order valence-electron chi connectivity index (χ4n) is 6.04. The number of rotatable bonds is 9. The number of carbonyl (C=O) groups excluding carboxylic acids is 1. The number of nitrogens with zero attached hydrogens (tertiary/aromatic N) is 6. The molecule has 0 unspecified atom stereocenters. The van der Waals surface area contributed by atoms with Crippen molar-refractivity contribution in [3.63, 3.8) is 0 Å². The molecule has 0 radical (unpaired) electrons. The smallest absolute Gasteiger partial charge is 0.343 e. The van der Waals surface area contributed by atoms with Crippen molar-refractivity contribution in [1.29, 1.82) is 0 Å². The van der Waals surface area contributed by atoms with Gasteiger partial charge in [-0.2, -0.15) is 4.98 Å².